The van der Waals surface area contributed by atoms with Gasteiger partial charge in [0.2, 0.25) is 0 Å². The van der Waals surface area contributed by atoms with Crippen LogP contribution in [0.5, 0.6) is 11.5 Å². The summed E-state index contributed by atoms with van der Waals surface area (Å²) in [7, 11) is 0. The number of aryl methyl sites for hydroxylation is 1. The molecule has 0 spiro atoms. The average molecular weight is 280 g/mol. The van der Waals surface area contributed by atoms with Crippen molar-refractivity contribution >= 4 is 11.6 Å². The maximum absolute atomic E-state index is 13.4. The molecule has 2 aromatic rings. The number of hydrogen-bond donors (Lipinski definition) is 1. The minimum absolute atomic E-state index is 0.0842. The molecule has 0 saturated carbocycles. The number of ether oxygens (including phenoxy) is 1. The monoisotopic (exact) mass is 279 g/mol. The molecule has 0 aliphatic carbocycles. The largest absolute Gasteiger partial charge is 0.457 e. The zero-order chi connectivity index (χ0) is 13.8. The Kier molecular flexibility index (Phi) is 4.40. The third-order valence-electron chi connectivity index (χ3n) is 2.80. The summed E-state index contributed by atoms with van der Waals surface area (Å²) in [6, 6.07) is 10.3. The lowest BCUT2D eigenvalue weighted by Gasteiger charge is -2.11. The lowest BCUT2D eigenvalue weighted by molar-refractivity contribution is 0.472. The Bertz CT molecular complexity index is 586. The standard InChI is InChI=1S/C15H15ClFNO/c1-10-2-3-11(6-7-18)8-15(10)19-12-4-5-13(16)14(17)9-12/h2-5,8-9H,6-7,18H2,1H3. The van der Waals surface area contributed by atoms with Crippen molar-refractivity contribution in [2.75, 3.05) is 6.54 Å². The van der Waals surface area contributed by atoms with Crippen LogP contribution in [0.4, 0.5) is 4.39 Å². The van der Waals surface area contributed by atoms with E-state index in [0.717, 1.165) is 17.5 Å². The fourth-order valence-corrected chi connectivity index (χ4v) is 1.86. The van der Waals surface area contributed by atoms with Crippen LogP contribution in [0.2, 0.25) is 5.02 Å². The molecule has 2 nitrogen and oxygen atoms in total. The van der Waals surface area contributed by atoms with Crippen LogP contribution in [-0.4, -0.2) is 6.54 Å². The molecule has 4 heteroatoms. The molecule has 2 rings (SSSR count). The quantitative estimate of drug-likeness (QED) is 0.915. The number of hydrogen-bond acceptors (Lipinski definition) is 2. The van der Waals surface area contributed by atoms with Crippen molar-refractivity contribution in [3.63, 3.8) is 0 Å². The van der Waals surface area contributed by atoms with Gasteiger partial charge in [-0.25, -0.2) is 4.39 Å². The van der Waals surface area contributed by atoms with Gasteiger partial charge in [-0.3, -0.25) is 0 Å². The summed E-state index contributed by atoms with van der Waals surface area (Å²) in [5, 5.41) is 0.0842. The summed E-state index contributed by atoms with van der Waals surface area (Å²) in [4.78, 5) is 0. The van der Waals surface area contributed by atoms with Gasteiger partial charge in [0, 0.05) is 6.07 Å². The van der Waals surface area contributed by atoms with E-state index < -0.39 is 5.82 Å². The van der Waals surface area contributed by atoms with Gasteiger partial charge in [-0.05, 0) is 49.2 Å². The van der Waals surface area contributed by atoms with Gasteiger partial charge in [0.15, 0.2) is 0 Å². The van der Waals surface area contributed by atoms with E-state index in [2.05, 4.69) is 0 Å². The molecule has 0 radical (unpaired) electrons. The van der Waals surface area contributed by atoms with Crippen LogP contribution in [0.15, 0.2) is 36.4 Å². The minimum Gasteiger partial charge on any atom is -0.457 e. The third kappa shape index (κ3) is 3.46. The Labute approximate surface area is 117 Å². The number of halogens is 2. The first kappa shape index (κ1) is 13.8. The highest BCUT2D eigenvalue weighted by Crippen LogP contribution is 2.28. The molecule has 19 heavy (non-hydrogen) atoms. The van der Waals surface area contributed by atoms with Crippen molar-refractivity contribution in [3.05, 3.63) is 58.4 Å². The normalized spacial score (nSPS) is 10.5. The Morgan fingerprint density at radius 1 is 1.21 bits per heavy atom. The highest BCUT2D eigenvalue weighted by atomic mass is 35.5. The second-order valence-corrected chi connectivity index (χ2v) is 4.72. The number of nitrogens with two attached hydrogens (primary N) is 1. The molecule has 0 fully saturated rings. The molecule has 0 amide bonds. The lowest BCUT2D eigenvalue weighted by atomic mass is 10.1. The zero-order valence-electron chi connectivity index (χ0n) is 10.6. The molecule has 0 aromatic heterocycles. The summed E-state index contributed by atoms with van der Waals surface area (Å²) >= 11 is 5.64. The van der Waals surface area contributed by atoms with Crippen molar-refractivity contribution in [1.82, 2.24) is 0 Å². The second-order valence-electron chi connectivity index (χ2n) is 4.32. The Hall–Kier alpha value is -1.58. The molecular formula is C15H15ClFNO. The molecule has 0 heterocycles. The topological polar surface area (TPSA) is 35.2 Å². The van der Waals surface area contributed by atoms with E-state index in [4.69, 9.17) is 22.1 Å². The first-order valence-electron chi connectivity index (χ1n) is 6.02. The summed E-state index contributed by atoms with van der Waals surface area (Å²) < 4.78 is 19.0. The summed E-state index contributed by atoms with van der Waals surface area (Å²) in [5.41, 5.74) is 7.61. The van der Waals surface area contributed by atoms with Crippen LogP contribution >= 0.6 is 11.6 Å². The maximum Gasteiger partial charge on any atom is 0.145 e. The van der Waals surface area contributed by atoms with Crippen molar-refractivity contribution in [2.45, 2.75) is 13.3 Å². The van der Waals surface area contributed by atoms with E-state index in [1.165, 1.54) is 12.1 Å². The molecule has 0 aliphatic rings. The van der Waals surface area contributed by atoms with E-state index in [1.807, 2.05) is 25.1 Å². The second kappa shape index (κ2) is 6.04. The van der Waals surface area contributed by atoms with Crippen LogP contribution < -0.4 is 10.5 Å². The molecule has 0 aliphatic heterocycles. The number of benzene rings is 2. The Balaban J connectivity index is 2.26. The molecule has 0 atom stereocenters. The highest BCUT2D eigenvalue weighted by Gasteiger charge is 2.06. The third-order valence-corrected chi connectivity index (χ3v) is 3.11. The predicted octanol–water partition coefficient (Wildman–Crippen LogP) is 4.08. The first-order chi connectivity index (χ1) is 9.10. The molecular weight excluding hydrogens is 265 g/mol. The lowest BCUT2D eigenvalue weighted by Crippen LogP contribution is -2.03. The van der Waals surface area contributed by atoms with E-state index in [9.17, 15) is 4.39 Å². The summed E-state index contributed by atoms with van der Waals surface area (Å²) in [6.07, 6.45) is 0.783. The molecule has 0 unspecified atom stereocenters. The van der Waals surface area contributed by atoms with Crippen molar-refractivity contribution < 1.29 is 9.13 Å². The minimum atomic E-state index is -0.491. The smallest absolute Gasteiger partial charge is 0.145 e. The predicted molar refractivity (Wildman–Crippen MR) is 75.4 cm³/mol. The molecule has 0 saturated heterocycles. The SMILES string of the molecule is Cc1ccc(CCN)cc1Oc1ccc(Cl)c(F)c1. The van der Waals surface area contributed by atoms with Gasteiger partial charge in [-0.15, -0.1) is 0 Å². The number of rotatable bonds is 4. The molecule has 2 aromatic carbocycles. The van der Waals surface area contributed by atoms with E-state index in [1.54, 1.807) is 6.07 Å². The van der Waals surface area contributed by atoms with Crippen molar-refractivity contribution in [1.29, 1.82) is 0 Å². The maximum atomic E-state index is 13.4. The van der Waals surface area contributed by atoms with Gasteiger partial charge in [-0.2, -0.15) is 0 Å². The molecule has 100 valence electrons. The fraction of sp³-hybridized carbons (Fsp3) is 0.200. The van der Waals surface area contributed by atoms with Crippen LogP contribution in [0.1, 0.15) is 11.1 Å². The summed E-state index contributed by atoms with van der Waals surface area (Å²) in [6.45, 7) is 2.52. The van der Waals surface area contributed by atoms with Crippen LogP contribution in [-0.2, 0) is 6.42 Å². The van der Waals surface area contributed by atoms with Crippen LogP contribution in [0, 0.1) is 12.7 Å². The van der Waals surface area contributed by atoms with Crippen LogP contribution in [0.25, 0.3) is 0 Å². The molecule has 2 N–H and O–H groups in total. The van der Waals surface area contributed by atoms with Gasteiger partial charge in [0.25, 0.3) is 0 Å². The van der Waals surface area contributed by atoms with Gasteiger partial charge in [0.05, 0.1) is 5.02 Å². The van der Waals surface area contributed by atoms with Crippen molar-refractivity contribution in [2.24, 2.45) is 5.73 Å². The van der Waals surface area contributed by atoms with Crippen molar-refractivity contribution in [3.8, 4) is 11.5 Å². The van der Waals surface area contributed by atoms with E-state index in [0.29, 0.717) is 18.0 Å². The fourth-order valence-electron chi connectivity index (χ4n) is 1.74. The first-order valence-corrected chi connectivity index (χ1v) is 6.40. The average Bonchev–Trinajstić information content (AvgIpc) is 2.38. The Morgan fingerprint density at radius 2 is 2.00 bits per heavy atom. The molecule has 0 bridgehead atoms. The summed E-state index contributed by atoms with van der Waals surface area (Å²) in [5.74, 6) is 0.637. The van der Waals surface area contributed by atoms with E-state index >= 15 is 0 Å². The van der Waals surface area contributed by atoms with Gasteiger partial charge in [-0.1, -0.05) is 23.7 Å². The highest BCUT2D eigenvalue weighted by molar-refractivity contribution is 6.30. The zero-order valence-corrected chi connectivity index (χ0v) is 11.4. The van der Waals surface area contributed by atoms with Gasteiger partial charge in [0.1, 0.15) is 17.3 Å². The van der Waals surface area contributed by atoms with Gasteiger partial charge >= 0.3 is 0 Å². The Morgan fingerprint density at radius 3 is 2.68 bits per heavy atom. The van der Waals surface area contributed by atoms with Crippen LogP contribution in [0.3, 0.4) is 0 Å². The van der Waals surface area contributed by atoms with Gasteiger partial charge < -0.3 is 10.5 Å². The van der Waals surface area contributed by atoms with E-state index in [-0.39, 0.29) is 5.02 Å².